The summed E-state index contributed by atoms with van der Waals surface area (Å²) in [5, 5.41) is 3.13. The van der Waals surface area contributed by atoms with Gasteiger partial charge in [0.15, 0.2) is 5.82 Å². The Bertz CT molecular complexity index is 1170. The van der Waals surface area contributed by atoms with Gasteiger partial charge in [0.2, 0.25) is 5.91 Å². The van der Waals surface area contributed by atoms with Gasteiger partial charge in [0.25, 0.3) is 0 Å². The first-order valence-corrected chi connectivity index (χ1v) is 13.1. The molecule has 0 spiro atoms. The van der Waals surface area contributed by atoms with Gasteiger partial charge in [-0.15, -0.1) is 0 Å². The fourth-order valence-corrected chi connectivity index (χ4v) is 5.47. The zero-order valence-electron chi connectivity index (χ0n) is 20.7. The minimum Gasteiger partial charge on any atom is -0.497 e. The Hall–Kier alpha value is -3.21. The molecule has 0 bridgehead atoms. The van der Waals surface area contributed by atoms with E-state index in [1.54, 1.807) is 7.11 Å². The summed E-state index contributed by atoms with van der Waals surface area (Å²) in [7, 11) is 1.70. The lowest BCUT2D eigenvalue weighted by atomic mass is 9.85. The molecule has 1 heterocycles. The maximum atomic E-state index is 12.9. The van der Waals surface area contributed by atoms with Crippen molar-refractivity contribution in [3.05, 3.63) is 71.0 Å². The Morgan fingerprint density at radius 1 is 1.00 bits per heavy atom. The highest BCUT2D eigenvalue weighted by molar-refractivity contribution is 5.90. The van der Waals surface area contributed by atoms with Crippen LogP contribution >= 0.6 is 0 Å². The fourth-order valence-electron chi connectivity index (χ4n) is 5.47. The number of ether oxygens (including phenoxy) is 1. The molecule has 2 aliphatic rings. The van der Waals surface area contributed by atoms with Crippen LogP contribution in [0.15, 0.2) is 48.5 Å². The van der Waals surface area contributed by atoms with E-state index >= 15 is 0 Å². The minimum absolute atomic E-state index is 0.00275. The predicted molar refractivity (Wildman–Crippen MR) is 140 cm³/mol. The van der Waals surface area contributed by atoms with Gasteiger partial charge in [-0.1, -0.05) is 62.4 Å². The second-order valence-electron chi connectivity index (χ2n) is 9.91. The monoisotopic (exact) mass is 469 g/mol. The summed E-state index contributed by atoms with van der Waals surface area (Å²) in [5.41, 5.74) is 6.43. The Morgan fingerprint density at radius 3 is 2.63 bits per heavy atom. The quantitative estimate of drug-likeness (QED) is 0.418. The fraction of sp³-hybridized carbons (Fsp3) is 0.433. The predicted octanol–water partition coefficient (Wildman–Crippen LogP) is 6.34. The lowest BCUT2D eigenvalue weighted by Gasteiger charge is -2.23. The summed E-state index contributed by atoms with van der Waals surface area (Å²) >= 11 is 0. The van der Waals surface area contributed by atoms with Gasteiger partial charge in [-0.25, -0.2) is 9.97 Å². The van der Waals surface area contributed by atoms with E-state index in [1.165, 1.54) is 43.2 Å². The number of aromatic nitrogens is 2. The van der Waals surface area contributed by atoms with Crippen LogP contribution in [0.1, 0.15) is 67.5 Å². The first-order valence-electron chi connectivity index (χ1n) is 13.1. The van der Waals surface area contributed by atoms with Crippen LogP contribution in [0.5, 0.6) is 5.75 Å². The Morgan fingerprint density at radius 2 is 1.83 bits per heavy atom. The third-order valence-corrected chi connectivity index (χ3v) is 7.49. The summed E-state index contributed by atoms with van der Waals surface area (Å²) in [6, 6.07) is 16.4. The van der Waals surface area contributed by atoms with Crippen LogP contribution in [-0.2, 0) is 30.5 Å². The number of anilines is 1. The summed E-state index contributed by atoms with van der Waals surface area (Å²) in [4.78, 5) is 23.0. The number of methoxy groups -OCH3 is 1. The molecule has 1 N–H and O–H groups in total. The van der Waals surface area contributed by atoms with Gasteiger partial charge in [0.1, 0.15) is 5.75 Å². The van der Waals surface area contributed by atoms with Crippen molar-refractivity contribution >= 4 is 11.7 Å². The molecule has 5 heteroatoms. The number of fused-ring (bicyclic) bond motifs is 3. The van der Waals surface area contributed by atoms with E-state index in [4.69, 9.17) is 14.7 Å². The topological polar surface area (TPSA) is 64.1 Å². The van der Waals surface area contributed by atoms with Crippen molar-refractivity contribution in [1.82, 2.24) is 9.97 Å². The number of rotatable bonds is 8. The van der Waals surface area contributed by atoms with Crippen molar-refractivity contribution < 1.29 is 9.53 Å². The van der Waals surface area contributed by atoms with E-state index in [0.29, 0.717) is 12.2 Å². The van der Waals surface area contributed by atoms with Gasteiger partial charge in [0.05, 0.1) is 24.2 Å². The number of nitrogens with one attached hydrogen (secondary N) is 1. The van der Waals surface area contributed by atoms with Crippen molar-refractivity contribution in [2.45, 2.75) is 70.6 Å². The number of carbonyl (C=O) groups is 1. The highest BCUT2D eigenvalue weighted by Gasteiger charge is 2.24. The Balaban J connectivity index is 1.39. The molecule has 1 amide bonds. The van der Waals surface area contributed by atoms with E-state index < -0.39 is 0 Å². The molecule has 1 aromatic heterocycles. The van der Waals surface area contributed by atoms with Crippen LogP contribution in [0.2, 0.25) is 0 Å². The maximum absolute atomic E-state index is 12.9. The average Bonchev–Trinajstić information content (AvgIpc) is 2.91. The second-order valence-corrected chi connectivity index (χ2v) is 9.91. The molecule has 1 saturated carbocycles. The number of aryl methyl sites for hydroxylation is 4. The smallest absolute Gasteiger partial charge is 0.225 e. The highest BCUT2D eigenvalue weighted by Crippen LogP contribution is 2.36. The lowest BCUT2D eigenvalue weighted by molar-refractivity contribution is -0.116. The van der Waals surface area contributed by atoms with E-state index in [2.05, 4.69) is 29.6 Å². The molecule has 0 aliphatic heterocycles. The Labute approximate surface area is 208 Å². The van der Waals surface area contributed by atoms with Crippen molar-refractivity contribution in [2.24, 2.45) is 5.92 Å². The number of hydrogen-bond acceptors (Lipinski definition) is 4. The molecule has 2 aromatic carbocycles. The molecule has 0 atom stereocenters. The maximum Gasteiger partial charge on any atom is 0.225 e. The molecule has 1 fully saturated rings. The average molecular weight is 470 g/mol. The number of amides is 1. The molecule has 0 saturated heterocycles. The molecule has 3 aromatic rings. The lowest BCUT2D eigenvalue weighted by Crippen LogP contribution is -2.19. The zero-order valence-corrected chi connectivity index (χ0v) is 20.7. The van der Waals surface area contributed by atoms with Crippen molar-refractivity contribution in [3.63, 3.8) is 0 Å². The molecular weight excluding hydrogens is 434 g/mol. The van der Waals surface area contributed by atoms with Crippen LogP contribution in [0, 0.1) is 5.92 Å². The SMILES string of the molecule is COc1ccc2c(c1)CCc1nc(NC(=O)CCc3ccccc3)c(CCC3CCCCC3)nc1-2. The summed E-state index contributed by atoms with van der Waals surface area (Å²) in [6.07, 6.45) is 11.5. The van der Waals surface area contributed by atoms with Gasteiger partial charge in [-0.05, 0) is 67.3 Å². The van der Waals surface area contributed by atoms with Crippen LogP contribution in [-0.4, -0.2) is 23.0 Å². The molecule has 5 rings (SSSR count). The molecule has 0 radical (unpaired) electrons. The molecule has 5 nitrogen and oxygen atoms in total. The molecule has 35 heavy (non-hydrogen) atoms. The van der Waals surface area contributed by atoms with Gasteiger partial charge >= 0.3 is 0 Å². The first kappa shape index (κ1) is 23.5. The molecule has 182 valence electrons. The summed E-state index contributed by atoms with van der Waals surface area (Å²) in [5.74, 6) is 2.29. The molecule has 0 unspecified atom stereocenters. The number of benzene rings is 2. The van der Waals surface area contributed by atoms with Gasteiger partial charge in [0, 0.05) is 12.0 Å². The highest BCUT2D eigenvalue weighted by atomic mass is 16.5. The summed E-state index contributed by atoms with van der Waals surface area (Å²) in [6.45, 7) is 0. The van der Waals surface area contributed by atoms with Crippen molar-refractivity contribution in [1.29, 1.82) is 0 Å². The molecular formula is C30H35N3O2. The standard InChI is InChI=1S/C30H35N3O2/c1-35-24-15-16-25-23(20-24)14-18-26-29(25)31-27(17-12-21-8-4-2-5-9-21)30(32-26)33-28(34)19-13-22-10-6-3-7-11-22/h3,6-7,10-11,15-16,20-21H,2,4-5,8-9,12-14,17-19H2,1H3,(H,32,33,34). The first-order chi connectivity index (χ1) is 17.2. The minimum atomic E-state index is 0.00275. The van der Waals surface area contributed by atoms with Crippen LogP contribution in [0.4, 0.5) is 5.82 Å². The van der Waals surface area contributed by atoms with Crippen molar-refractivity contribution in [2.75, 3.05) is 12.4 Å². The van der Waals surface area contributed by atoms with E-state index in [1.807, 2.05) is 24.3 Å². The van der Waals surface area contributed by atoms with Gasteiger partial charge in [-0.2, -0.15) is 0 Å². The van der Waals surface area contributed by atoms with Crippen molar-refractivity contribution in [3.8, 4) is 17.0 Å². The van der Waals surface area contributed by atoms with E-state index in [0.717, 1.165) is 66.4 Å². The van der Waals surface area contributed by atoms with E-state index in [9.17, 15) is 4.79 Å². The normalized spacial score (nSPS) is 15.2. The molecule has 2 aliphatic carbocycles. The number of hydrogen-bond donors (Lipinski definition) is 1. The Kier molecular flexibility index (Phi) is 7.41. The zero-order chi connectivity index (χ0) is 24.0. The number of nitrogens with zero attached hydrogens (tertiary/aromatic N) is 2. The third kappa shape index (κ3) is 5.72. The van der Waals surface area contributed by atoms with E-state index in [-0.39, 0.29) is 5.91 Å². The van der Waals surface area contributed by atoms with Crippen LogP contribution < -0.4 is 10.1 Å². The largest absolute Gasteiger partial charge is 0.497 e. The van der Waals surface area contributed by atoms with Crippen LogP contribution in [0.25, 0.3) is 11.3 Å². The summed E-state index contributed by atoms with van der Waals surface area (Å²) < 4.78 is 5.43. The third-order valence-electron chi connectivity index (χ3n) is 7.49. The van der Waals surface area contributed by atoms with Gasteiger partial charge < -0.3 is 10.1 Å². The number of carbonyl (C=O) groups excluding carboxylic acids is 1. The van der Waals surface area contributed by atoms with Crippen LogP contribution in [0.3, 0.4) is 0 Å². The van der Waals surface area contributed by atoms with Gasteiger partial charge in [-0.3, -0.25) is 4.79 Å². The second kappa shape index (κ2) is 11.0.